The molecule has 2 fully saturated rings. The van der Waals surface area contributed by atoms with E-state index < -0.39 is 11.4 Å². The maximum Gasteiger partial charge on any atom is 0.311 e. The van der Waals surface area contributed by atoms with Gasteiger partial charge in [-0.15, -0.1) is 0 Å². The third kappa shape index (κ3) is 4.50. The summed E-state index contributed by atoms with van der Waals surface area (Å²) in [4.78, 5) is 26.2. The van der Waals surface area contributed by atoms with Crippen LogP contribution in [0.1, 0.15) is 43.7 Å². The Morgan fingerprint density at radius 3 is 2.81 bits per heavy atom. The van der Waals surface area contributed by atoms with Gasteiger partial charge in [0.1, 0.15) is 0 Å². The van der Waals surface area contributed by atoms with Crippen LogP contribution in [0.3, 0.4) is 0 Å². The highest BCUT2D eigenvalue weighted by Gasteiger charge is 2.54. The van der Waals surface area contributed by atoms with Gasteiger partial charge < -0.3 is 15.2 Å². The summed E-state index contributed by atoms with van der Waals surface area (Å²) in [5.41, 5.74) is 1.51. The fourth-order valence-electron chi connectivity index (χ4n) is 4.51. The minimum atomic E-state index is -0.700. The number of likely N-dealkylation sites (tertiary alicyclic amines) is 1. The van der Waals surface area contributed by atoms with Gasteiger partial charge in [0.2, 0.25) is 5.91 Å². The Balaban J connectivity index is 1.50. The van der Waals surface area contributed by atoms with Gasteiger partial charge in [0.25, 0.3) is 0 Å². The molecule has 1 saturated carbocycles. The molecule has 0 bridgehead atoms. The summed E-state index contributed by atoms with van der Waals surface area (Å²) in [5, 5.41) is 12.6. The Hall–Kier alpha value is -1.92. The number of benzene rings is 1. The number of carboxylic acid groups (broad SMARTS) is 1. The Kier molecular flexibility index (Phi) is 6.50. The molecule has 2 aliphatic rings. The highest BCUT2D eigenvalue weighted by molar-refractivity contribution is 5.79. The molecule has 0 spiro atoms. The minimum absolute atomic E-state index is 0.0557. The third-order valence-electron chi connectivity index (χ3n) is 5.93. The molecule has 0 radical (unpaired) electrons. The molecule has 6 nitrogen and oxygen atoms in total. The van der Waals surface area contributed by atoms with E-state index in [2.05, 4.69) is 12.2 Å². The Bertz CT molecular complexity index is 678. The third-order valence-corrected chi connectivity index (χ3v) is 5.93. The van der Waals surface area contributed by atoms with Crippen molar-refractivity contribution in [3.63, 3.8) is 0 Å². The number of carboxylic acids is 1. The molecule has 1 aromatic rings. The number of fused-ring (bicyclic) bond motifs is 1. The first kappa shape index (κ1) is 19.8. The molecule has 148 valence electrons. The van der Waals surface area contributed by atoms with Crippen molar-refractivity contribution >= 4 is 11.9 Å². The lowest BCUT2D eigenvalue weighted by Gasteiger charge is -2.23. The summed E-state index contributed by atoms with van der Waals surface area (Å²) in [6.07, 6.45) is 3.65. The zero-order valence-electron chi connectivity index (χ0n) is 16.1. The molecule has 0 aromatic heterocycles. The Labute approximate surface area is 160 Å². The molecule has 1 amide bonds. The summed E-state index contributed by atoms with van der Waals surface area (Å²) >= 11 is 0. The second-order valence-corrected chi connectivity index (χ2v) is 7.82. The highest BCUT2D eigenvalue weighted by Crippen LogP contribution is 2.48. The highest BCUT2D eigenvalue weighted by atomic mass is 16.5. The number of rotatable bonds is 9. The van der Waals surface area contributed by atoms with Gasteiger partial charge in [-0.3, -0.25) is 14.5 Å². The van der Waals surface area contributed by atoms with Gasteiger partial charge in [-0.05, 0) is 36.3 Å². The zero-order valence-corrected chi connectivity index (χ0v) is 16.1. The topological polar surface area (TPSA) is 78.9 Å². The maximum atomic E-state index is 12.4. The first-order valence-electron chi connectivity index (χ1n) is 9.92. The molecule has 2 N–H and O–H groups in total. The van der Waals surface area contributed by atoms with Crippen molar-refractivity contribution in [2.45, 2.75) is 45.8 Å². The van der Waals surface area contributed by atoms with Crippen LogP contribution in [0.5, 0.6) is 0 Å². The normalized spacial score (nSPS) is 24.7. The van der Waals surface area contributed by atoms with Crippen LogP contribution in [0, 0.1) is 11.3 Å². The van der Waals surface area contributed by atoms with E-state index in [0.717, 1.165) is 43.4 Å². The molecule has 1 aliphatic carbocycles. The lowest BCUT2D eigenvalue weighted by molar-refractivity contribution is -0.149. The van der Waals surface area contributed by atoms with Crippen LogP contribution in [0.25, 0.3) is 0 Å². The largest absolute Gasteiger partial charge is 0.481 e. The first-order chi connectivity index (χ1) is 13.0. The number of carbonyl (C=O) groups is 2. The summed E-state index contributed by atoms with van der Waals surface area (Å²) in [5.74, 6) is -0.576. The van der Waals surface area contributed by atoms with Crippen LogP contribution in [0.15, 0.2) is 24.3 Å². The fraction of sp³-hybridized carbons (Fsp3) is 0.619. The predicted octanol–water partition coefficient (Wildman–Crippen LogP) is 2.42. The van der Waals surface area contributed by atoms with Gasteiger partial charge in [0.05, 0.1) is 18.6 Å². The van der Waals surface area contributed by atoms with E-state index in [4.69, 9.17) is 4.74 Å². The van der Waals surface area contributed by atoms with Gasteiger partial charge in [-0.2, -0.15) is 0 Å². The Morgan fingerprint density at radius 2 is 2.11 bits per heavy atom. The number of hydrogen-bond donors (Lipinski definition) is 2. The van der Waals surface area contributed by atoms with E-state index in [-0.39, 0.29) is 18.4 Å². The number of carbonyl (C=O) groups excluding carboxylic acids is 1. The van der Waals surface area contributed by atoms with Gasteiger partial charge >= 0.3 is 5.97 Å². The van der Waals surface area contributed by atoms with Crippen molar-refractivity contribution in [1.29, 1.82) is 0 Å². The smallest absolute Gasteiger partial charge is 0.311 e. The predicted molar refractivity (Wildman–Crippen MR) is 102 cm³/mol. The zero-order chi connectivity index (χ0) is 19.3. The molecule has 6 heteroatoms. The van der Waals surface area contributed by atoms with Crippen molar-refractivity contribution in [3.05, 3.63) is 35.4 Å². The van der Waals surface area contributed by atoms with E-state index in [1.54, 1.807) is 0 Å². The van der Waals surface area contributed by atoms with E-state index in [1.165, 1.54) is 0 Å². The van der Waals surface area contributed by atoms with Crippen LogP contribution in [0.2, 0.25) is 0 Å². The standard InChI is InChI=1S/C21H30N2O4/c1-2-10-27-14-17-7-4-3-6-16(17)11-22-19(24)13-23-12-18-8-5-9-21(18,15-23)20(25)26/h3-4,6-7,18H,2,5,8-15H2,1H3,(H,22,24)(H,25,26)/t18-,21+/m0/s1. The van der Waals surface area contributed by atoms with Gasteiger partial charge in [0.15, 0.2) is 0 Å². The van der Waals surface area contributed by atoms with Gasteiger partial charge in [-0.1, -0.05) is 37.6 Å². The van der Waals surface area contributed by atoms with Crippen molar-refractivity contribution in [3.8, 4) is 0 Å². The molecule has 1 heterocycles. The van der Waals surface area contributed by atoms with Crippen LogP contribution in [-0.2, 0) is 27.5 Å². The second-order valence-electron chi connectivity index (χ2n) is 7.82. The Morgan fingerprint density at radius 1 is 1.33 bits per heavy atom. The van der Waals surface area contributed by atoms with Crippen LogP contribution < -0.4 is 5.32 Å². The van der Waals surface area contributed by atoms with Crippen molar-refractivity contribution in [2.24, 2.45) is 11.3 Å². The molecule has 2 atom stereocenters. The van der Waals surface area contributed by atoms with E-state index in [0.29, 0.717) is 26.2 Å². The number of amides is 1. The number of hydrogen-bond acceptors (Lipinski definition) is 4. The summed E-state index contributed by atoms with van der Waals surface area (Å²) < 4.78 is 5.62. The van der Waals surface area contributed by atoms with Crippen LogP contribution in [-0.4, -0.2) is 48.1 Å². The molecule has 1 saturated heterocycles. The number of ether oxygens (including phenoxy) is 1. The second kappa shape index (κ2) is 8.85. The summed E-state index contributed by atoms with van der Waals surface area (Å²) in [6, 6.07) is 7.97. The molecule has 1 aromatic carbocycles. The van der Waals surface area contributed by atoms with E-state index in [9.17, 15) is 14.7 Å². The van der Waals surface area contributed by atoms with E-state index >= 15 is 0 Å². The van der Waals surface area contributed by atoms with Crippen molar-refractivity contribution < 1.29 is 19.4 Å². The van der Waals surface area contributed by atoms with E-state index in [1.807, 2.05) is 29.2 Å². The van der Waals surface area contributed by atoms with Crippen LogP contribution >= 0.6 is 0 Å². The molecular weight excluding hydrogens is 344 g/mol. The quantitative estimate of drug-likeness (QED) is 0.649. The summed E-state index contributed by atoms with van der Waals surface area (Å²) in [7, 11) is 0. The minimum Gasteiger partial charge on any atom is -0.481 e. The number of nitrogens with zero attached hydrogens (tertiary/aromatic N) is 1. The first-order valence-corrected chi connectivity index (χ1v) is 9.92. The van der Waals surface area contributed by atoms with Gasteiger partial charge in [0, 0.05) is 26.2 Å². The van der Waals surface area contributed by atoms with Crippen molar-refractivity contribution in [2.75, 3.05) is 26.2 Å². The molecule has 0 unspecified atom stereocenters. The van der Waals surface area contributed by atoms with Gasteiger partial charge in [-0.25, -0.2) is 0 Å². The van der Waals surface area contributed by atoms with Crippen molar-refractivity contribution in [1.82, 2.24) is 10.2 Å². The monoisotopic (exact) mass is 374 g/mol. The molecular formula is C21H30N2O4. The molecule has 1 aliphatic heterocycles. The number of nitrogens with one attached hydrogen (secondary N) is 1. The average Bonchev–Trinajstić information content (AvgIpc) is 3.19. The van der Waals surface area contributed by atoms with Crippen LogP contribution in [0.4, 0.5) is 0 Å². The lowest BCUT2D eigenvalue weighted by atomic mass is 9.81. The fourth-order valence-corrected chi connectivity index (χ4v) is 4.51. The molecule has 27 heavy (non-hydrogen) atoms. The molecule has 3 rings (SSSR count). The maximum absolute atomic E-state index is 12.4. The average molecular weight is 374 g/mol. The lowest BCUT2D eigenvalue weighted by Crippen LogP contribution is -2.39. The SMILES string of the molecule is CCCOCc1ccccc1CNC(=O)CN1C[C@@H]2CCC[C@@]2(C(=O)O)C1. The summed E-state index contributed by atoms with van der Waals surface area (Å²) in [6.45, 7) is 5.28. The number of aliphatic carboxylic acids is 1.